The SMILES string of the molecule is Cl.[SiH2]=[Zr]([CH2]c1ccccc1)([CH]1C=Cc2ccccc21)[CH]1C=Cc2ccccc21. The van der Waals surface area contributed by atoms with Crippen molar-refractivity contribution in [3.8, 4) is 0 Å². The van der Waals surface area contributed by atoms with E-state index in [0.717, 1.165) is 0 Å². The van der Waals surface area contributed by atoms with Gasteiger partial charge in [-0.05, 0) is 0 Å². The molecule has 3 aromatic carbocycles. The van der Waals surface area contributed by atoms with E-state index in [-0.39, 0.29) is 12.4 Å². The molecule has 0 saturated heterocycles. The quantitative estimate of drug-likeness (QED) is 0.413. The molecule has 5 rings (SSSR count). The third-order valence-corrected chi connectivity index (χ3v) is 24.1. The molecular weight excluding hydrogens is 455 g/mol. The number of benzene rings is 3. The van der Waals surface area contributed by atoms with Crippen molar-refractivity contribution in [2.75, 3.05) is 0 Å². The maximum absolute atomic E-state index is 2.73. The number of halogens is 1. The Balaban J connectivity index is 0.00000192. The molecule has 0 N–H and O–H groups in total. The fourth-order valence-electron chi connectivity index (χ4n) is 4.89. The van der Waals surface area contributed by atoms with Gasteiger partial charge in [-0.2, -0.15) is 0 Å². The zero-order chi connectivity index (χ0) is 18.3. The molecule has 0 aliphatic heterocycles. The molecule has 2 aliphatic rings. The summed E-state index contributed by atoms with van der Waals surface area (Å²) in [4.78, 5) is 0. The molecule has 0 amide bonds. The molecule has 0 radical (unpaired) electrons. The third-order valence-electron chi connectivity index (χ3n) is 6.21. The van der Waals surface area contributed by atoms with Gasteiger partial charge in [-0.3, -0.25) is 0 Å². The summed E-state index contributed by atoms with van der Waals surface area (Å²) in [5.41, 5.74) is 7.50. The van der Waals surface area contributed by atoms with Crippen molar-refractivity contribution in [3.63, 3.8) is 0 Å². The Morgan fingerprint density at radius 2 is 1.11 bits per heavy atom. The molecule has 0 fully saturated rings. The summed E-state index contributed by atoms with van der Waals surface area (Å²) < 4.78 is 2.55. The molecule has 3 heteroatoms. The Bertz CT molecular complexity index is 1030. The van der Waals surface area contributed by atoms with Gasteiger partial charge >= 0.3 is 168 Å². The fourth-order valence-corrected chi connectivity index (χ4v) is 22.0. The molecule has 139 valence electrons. The standard InChI is InChI=1S/2C9H7.C7H7.ClH.H2Si.Zr/c2*1-2-5-9-7-3-6-8(9)4-1;1-7-5-3-2-4-6-7;;;/h2*1-7H;2-6H,1H2;1H;1H2;. The van der Waals surface area contributed by atoms with E-state index in [1.54, 1.807) is 11.1 Å². The first-order valence-corrected chi connectivity index (χ1v) is 20.2. The van der Waals surface area contributed by atoms with Gasteiger partial charge in [0, 0.05) is 0 Å². The maximum atomic E-state index is 2.53. The van der Waals surface area contributed by atoms with Gasteiger partial charge in [0.25, 0.3) is 0 Å². The Morgan fingerprint density at radius 3 is 1.64 bits per heavy atom. The van der Waals surface area contributed by atoms with Crippen molar-refractivity contribution in [1.29, 1.82) is 0 Å². The van der Waals surface area contributed by atoms with E-state index >= 15 is 0 Å². The van der Waals surface area contributed by atoms with Gasteiger partial charge < -0.3 is 0 Å². The monoisotopic (exact) mass is 477 g/mol. The number of hydrogen-bond acceptors (Lipinski definition) is 0. The molecule has 2 atom stereocenters. The summed E-state index contributed by atoms with van der Waals surface area (Å²) in [5.74, 6) is 0. The second kappa shape index (κ2) is 8.11. The third kappa shape index (κ3) is 3.36. The van der Waals surface area contributed by atoms with E-state index in [9.17, 15) is 0 Å². The van der Waals surface area contributed by atoms with Crippen LogP contribution in [0.2, 0.25) is 0 Å². The van der Waals surface area contributed by atoms with Crippen LogP contribution in [0.15, 0.2) is 91.0 Å². The summed E-state index contributed by atoms with van der Waals surface area (Å²) in [6.45, 7) is 2.42. The molecule has 2 unspecified atom stereocenters. The van der Waals surface area contributed by atoms with Crippen LogP contribution >= 0.6 is 12.4 Å². The van der Waals surface area contributed by atoms with E-state index in [0.29, 0.717) is 7.25 Å². The Kier molecular flexibility index (Phi) is 5.74. The van der Waals surface area contributed by atoms with Gasteiger partial charge in [-0.15, -0.1) is 12.4 Å². The van der Waals surface area contributed by atoms with E-state index in [4.69, 9.17) is 0 Å². The molecule has 28 heavy (non-hydrogen) atoms. The second-order valence-corrected chi connectivity index (χ2v) is 25.6. The number of rotatable bonds is 4. The summed E-state index contributed by atoms with van der Waals surface area (Å²) >= 11 is -2.73. The van der Waals surface area contributed by atoms with Crippen LogP contribution in [0.5, 0.6) is 0 Å². The number of hydrogen-bond donors (Lipinski definition) is 0. The summed E-state index contributed by atoms with van der Waals surface area (Å²) in [7, 11) is 0. The Morgan fingerprint density at radius 1 is 0.643 bits per heavy atom. The molecule has 0 saturated carbocycles. The van der Waals surface area contributed by atoms with Gasteiger partial charge in [-0.25, -0.2) is 0 Å². The van der Waals surface area contributed by atoms with E-state index in [1.165, 1.54) is 20.8 Å². The first kappa shape index (κ1) is 19.8. The average molecular weight is 479 g/mol. The van der Waals surface area contributed by atoms with Crippen LogP contribution in [0.3, 0.4) is 0 Å². The molecule has 0 spiro atoms. The van der Waals surface area contributed by atoms with E-state index < -0.39 is 18.9 Å². The molecule has 0 heterocycles. The minimum absolute atomic E-state index is 0. The van der Waals surface area contributed by atoms with Crippen LogP contribution in [0.4, 0.5) is 0 Å². The van der Waals surface area contributed by atoms with Crippen LogP contribution in [0, 0.1) is 0 Å². The normalized spacial score (nSPS) is 20.9. The molecule has 2 aliphatic carbocycles. The van der Waals surface area contributed by atoms with Crippen LogP contribution < -0.4 is 0 Å². The van der Waals surface area contributed by atoms with E-state index in [1.807, 2.05) is 0 Å². The van der Waals surface area contributed by atoms with Gasteiger partial charge in [-0.1, -0.05) is 0 Å². The van der Waals surface area contributed by atoms with Gasteiger partial charge in [0.2, 0.25) is 0 Å². The van der Waals surface area contributed by atoms with E-state index in [2.05, 4.69) is 110 Å². The fraction of sp³-hybridized carbons (Fsp3) is 0.120. The topological polar surface area (TPSA) is 0 Å². The summed E-state index contributed by atoms with van der Waals surface area (Å²) in [6, 6.07) is 29.3. The average Bonchev–Trinajstić information content (AvgIpc) is 3.34. The van der Waals surface area contributed by atoms with Crippen molar-refractivity contribution in [3.05, 3.63) is 119 Å². The molecular formula is C25H24ClSiZr. The first-order valence-electron chi connectivity index (χ1n) is 9.69. The van der Waals surface area contributed by atoms with Gasteiger partial charge in [0.1, 0.15) is 0 Å². The van der Waals surface area contributed by atoms with Crippen molar-refractivity contribution < 1.29 is 18.9 Å². The molecule has 0 bridgehead atoms. The zero-order valence-corrected chi connectivity index (χ0v) is 20.5. The van der Waals surface area contributed by atoms with Crippen LogP contribution in [-0.4, -0.2) is 6.88 Å². The minimum atomic E-state index is -2.73. The van der Waals surface area contributed by atoms with Gasteiger partial charge in [0.05, 0.1) is 0 Å². The van der Waals surface area contributed by atoms with Crippen molar-refractivity contribution in [1.82, 2.24) is 0 Å². The van der Waals surface area contributed by atoms with Crippen molar-refractivity contribution >= 4 is 31.4 Å². The number of fused-ring (bicyclic) bond motifs is 2. The molecule has 3 aromatic rings. The van der Waals surface area contributed by atoms with Crippen LogP contribution in [0.1, 0.15) is 35.1 Å². The van der Waals surface area contributed by atoms with Crippen LogP contribution in [-0.2, 0) is 23.0 Å². The van der Waals surface area contributed by atoms with Crippen LogP contribution in [0.25, 0.3) is 12.2 Å². The summed E-state index contributed by atoms with van der Waals surface area (Å²) in [6.07, 6.45) is 9.81. The number of allylic oxidation sites excluding steroid dienone is 2. The predicted octanol–water partition coefficient (Wildman–Crippen LogP) is 5.85. The van der Waals surface area contributed by atoms with Crippen molar-refractivity contribution in [2.45, 2.75) is 11.4 Å². The van der Waals surface area contributed by atoms with Gasteiger partial charge in [0.15, 0.2) is 0 Å². The molecule has 0 nitrogen and oxygen atoms in total. The predicted molar refractivity (Wildman–Crippen MR) is 122 cm³/mol. The first-order chi connectivity index (χ1) is 13.3. The van der Waals surface area contributed by atoms with Crippen molar-refractivity contribution in [2.24, 2.45) is 0 Å². The Hall–Kier alpha value is -1.47. The summed E-state index contributed by atoms with van der Waals surface area (Å²) in [5, 5.41) is 0. The second-order valence-electron chi connectivity index (χ2n) is 7.83. The Labute approximate surface area is 179 Å². The molecule has 0 aromatic heterocycles. The zero-order valence-electron chi connectivity index (χ0n) is 15.8.